The minimum atomic E-state index is -0.640. The maximum absolute atomic E-state index is 12.6. The average Bonchev–Trinajstić information content (AvgIpc) is 2.99. The van der Waals surface area contributed by atoms with Gasteiger partial charge < -0.3 is 15.2 Å². The SMILES string of the molecule is O=C(c1cc(=O)[nH]c(=O)[nH]1)N1CCCCC1C1CCCN1. The molecule has 1 aromatic heterocycles. The van der Waals surface area contributed by atoms with Gasteiger partial charge in [-0.3, -0.25) is 14.6 Å². The second-order valence-electron chi connectivity index (χ2n) is 5.77. The molecule has 3 heterocycles. The third-order valence-corrected chi connectivity index (χ3v) is 4.36. The summed E-state index contributed by atoms with van der Waals surface area (Å²) in [4.78, 5) is 41.7. The van der Waals surface area contributed by atoms with Gasteiger partial charge in [-0.25, -0.2) is 4.79 Å². The van der Waals surface area contributed by atoms with E-state index in [1.54, 1.807) is 0 Å². The number of amides is 1. The summed E-state index contributed by atoms with van der Waals surface area (Å²) in [6.45, 7) is 1.67. The maximum atomic E-state index is 12.6. The number of likely N-dealkylation sites (tertiary alicyclic amines) is 1. The van der Waals surface area contributed by atoms with Crippen LogP contribution in [0.15, 0.2) is 15.7 Å². The van der Waals surface area contributed by atoms with Crippen molar-refractivity contribution in [1.29, 1.82) is 0 Å². The molecule has 0 radical (unpaired) electrons. The van der Waals surface area contributed by atoms with Crippen molar-refractivity contribution in [3.05, 3.63) is 32.6 Å². The first-order valence-corrected chi connectivity index (χ1v) is 7.53. The van der Waals surface area contributed by atoms with Crippen molar-refractivity contribution in [1.82, 2.24) is 20.2 Å². The Balaban J connectivity index is 1.86. The molecule has 7 heteroatoms. The van der Waals surface area contributed by atoms with Crippen LogP contribution in [0, 0.1) is 0 Å². The van der Waals surface area contributed by atoms with Crippen molar-refractivity contribution in [2.24, 2.45) is 0 Å². The summed E-state index contributed by atoms with van der Waals surface area (Å²) in [6.07, 6.45) is 5.24. The predicted molar refractivity (Wildman–Crippen MR) is 77.4 cm³/mol. The number of carbonyl (C=O) groups excluding carboxylic acids is 1. The highest BCUT2D eigenvalue weighted by molar-refractivity contribution is 5.92. The highest BCUT2D eigenvalue weighted by atomic mass is 16.2. The molecular weight excluding hydrogens is 272 g/mol. The number of nitrogens with one attached hydrogen (secondary N) is 3. The summed E-state index contributed by atoms with van der Waals surface area (Å²) >= 11 is 0. The summed E-state index contributed by atoms with van der Waals surface area (Å²) in [5.74, 6) is -0.253. The molecule has 7 nitrogen and oxygen atoms in total. The molecule has 0 aliphatic carbocycles. The molecule has 21 heavy (non-hydrogen) atoms. The van der Waals surface area contributed by atoms with Crippen molar-refractivity contribution in [2.75, 3.05) is 13.1 Å². The predicted octanol–water partition coefficient (Wildman–Crippen LogP) is -0.190. The Kier molecular flexibility index (Phi) is 3.92. The lowest BCUT2D eigenvalue weighted by Gasteiger charge is -2.39. The van der Waals surface area contributed by atoms with E-state index in [0.29, 0.717) is 12.6 Å². The monoisotopic (exact) mass is 292 g/mol. The lowest BCUT2D eigenvalue weighted by Crippen LogP contribution is -2.53. The van der Waals surface area contributed by atoms with E-state index in [9.17, 15) is 14.4 Å². The van der Waals surface area contributed by atoms with Crippen molar-refractivity contribution in [2.45, 2.75) is 44.2 Å². The average molecular weight is 292 g/mol. The van der Waals surface area contributed by atoms with Crippen LogP contribution in [0.4, 0.5) is 0 Å². The molecule has 0 bridgehead atoms. The number of nitrogens with zero attached hydrogens (tertiary/aromatic N) is 1. The summed E-state index contributed by atoms with van der Waals surface area (Å²) in [6, 6.07) is 1.64. The zero-order valence-corrected chi connectivity index (χ0v) is 11.9. The first-order chi connectivity index (χ1) is 10.1. The topological polar surface area (TPSA) is 98.1 Å². The van der Waals surface area contributed by atoms with E-state index in [0.717, 1.165) is 44.7 Å². The minimum Gasteiger partial charge on any atom is -0.333 e. The Morgan fingerprint density at radius 2 is 2.00 bits per heavy atom. The summed E-state index contributed by atoms with van der Waals surface area (Å²) in [5, 5.41) is 3.45. The van der Waals surface area contributed by atoms with Gasteiger partial charge in [0.25, 0.3) is 11.5 Å². The molecule has 0 saturated carbocycles. The maximum Gasteiger partial charge on any atom is 0.326 e. The number of hydrogen-bond acceptors (Lipinski definition) is 4. The van der Waals surface area contributed by atoms with Crippen LogP contribution < -0.4 is 16.6 Å². The number of hydrogen-bond donors (Lipinski definition) is 3. The van der Waals surface area contributed by atoms with Crippen LogP contribution in [0.3, 0.4) is 0 Å². The van der Waals surface area contributed by atoms with Crippen molar-refractivity contribution in [3.8, 4) is 0 Å². The Morgan fingerprint density at radius 1 is 1.14 bits per heavy atom. The zero-order chi connectivity index (χ0) is 14.8. The van der Waals surface area contributed by atoms with E-state index in [2.05, 4.69) is 15.3 Å². The quantitative estimate of drug-likeness (QED) is 0.703. The minimum absolute atomic E-state index is 0.0775. The fourth-order valence-corrected chi connectivity index (χ4v) is 3.41. The summed E-state index contributed by atoms with van der Waals surface area (Å²) in [5.41, 5.74) is -1.11. The summed E-state index contributed by atoms with van der Waals surface area (Å²) < 4.78 is 0. The van der Waals surface area contributed by atoms with Crippen molar-refractivity contribution < 1.29 is 4.79 Å². The first-order valence-electron chi connectivity index (χ1n) is 7.53. The van der Waals surface area contributed by atoms with Gasteiger partial charge >= 0.3 is 5.69 Å². The lowest BCUT2D eigenvalue weighted by atomic mass is 9.94. The van der Waals surface area contributed by atoms with E-state index in [1.165, 1.54) is 0 Å². The number of aromatic nitrogens is 2. The largest absolute Gasteiger partial charge is 0.333 e. The highest BCUT2D eigenvalue weighted by Gasteiger charge is 2.34. The van der Waals surface area contributed by atoms with Gasteiger partial charge in [0.2, 0.25) is 0 Å². The molecule has 2 aliphatic heterocycles. The Bertz CT molecular complexity index is 601. The Hall–Kier alpha value is -1.89. The Labute approximate surface area is 121 Å². The molecule has 2 saturated heterocycles. The van der Waals surface area contributed by atoms with E-state index in [4.69, 9.17) is 0 Å². The first kappa shape index (κ1) is 14.1. The van der Waals surface area contributed by atoms with Crippen LogP contribution in [-0.2, 0) is 0 Å². The van der Waals surface area contributed by atoms with Crippen LogP contribution >= 0.6 is 0 Å². The second-order valence-corrected chi connectivity index (χ2v) is 5.77. The van der Waals surface area contributed by atoms with Gasteiger partial charge in [0, 0.05) is 24.7 Å². The fourth-order valence-electron chi connectivity index (χ4n) is 3.41. The van der Waals surface area contributed by atoms with E-state index < -0.39 is 11.2 Å². The molecule has 2 atom stereocenters. The third-order valence-electron chi connectivity index (χ3n) is 4.36. The molecule has 0 spiro atoms. The Morgan fingerprint density at radius 3 is 2.71 bits per heavy atom. The van der Waals surface area contributed by atoms with Crippen molar-refractivity contribution in [3.63, 3.8) is 0 Å². The number of aromatic amines is 2. The van der Waals surface area contributed by atoms with E-state index >= 15 is 0 Å². The van der Waals surface area contributed by atoms with Gasteiger partial charge in [-0.2, -0.15) is 0 Å². The molecule has 1 aromatic rings. The van der Waals surface area contributed by atoms with Crippen LogP contribution in [0.1, 0.15) is 42.6 Å². The van der Waals surface area contributed by atoms with Gasteiger partial charge in [-0.1, -0.05) is 0 Å². The number of H-pyrrole nitrogens is 2. The number of carbonyl (C=O) groups is 1. The molecule has 1 amide bonds. The van der Waals surface area contributed by atoms with Gasteiger partial charge in [-0.05, 0) is 38.6 Å². The molecule has 3 rings (SSSR count). The molecule has 2 unspecified atom stereocenters. The second kappa shape index (κ2) is 5.85. The zero-order valence-electron chi connectivity index (χ0n) is 11.9. The van der Waals surface area contributed by atoms with E-state index in [-0.39, 0.29) is 17.6 Å². The van der Waals surface area contributed by atoms with Gasteiger partial charge in [0.05, 0.1) is 0 Å². The molecule has 0 aromatic carbocycles. The molecule has 3 N–H and O–H groups in total. The van der Waals surface area contributed by atoms with Crippen LogP contribution in [0.2, 0.25) is 0 Å². The van der Waals surface area contributed by atoms with Gasteiger partial charge in [0.1, 0.15) is 5.69 Å². The highest BCUT2D eigenvalue weighted by Crippen LogP contribution is 2.25. The summed E-state index contributed by atoms with van der Waals surface area (Å²) in [7, 11) is 0. The normalized spacial score (nSPS) is 26.0. The fraction of sp³-hybridized carbons (Fsp3) is 0.643. The van der Waals surface area contributed by atoms with Crippen LogP contribution in [0.25, 0.3) is 0 Å². The number of rotatable bonds is 2. The van der Waals surface area contributed by atoms with Crippen LogP contribution in [-0.4, -0.2) is 45.9 Å². The standard InChI is InChI=1S/C14H20N4O3/c19-12-8-10(16-14(21)17-12)13(20)18-7-2-1-5-11(18)9-4-3-6-15-9/h8-9,11,15H,1-7H2,(H2,16,17,19,21). The van der Waals surface area contributed by atoms with Gasteiger partial charge in [-0.15, -0.1) is 0 Å². The molecular formula is C14H20N4O3. The van der Waals surface area contributed by atoms with Gasteiger partial charge in [0.15, 0.2) is 0 Å². The smallest absolute Gasteiger partial charge is 0.326 e. The van der Waals surface area contributed by atoms with Crippen molar-refractivity contribution >= 4 is 5.91 Å². The third kappa shape index (κ3) is 2.92. The lowest BCUT2D eigenvalue weighted by molar-refractivity contribution is 0.0557. The molecule has 2 aliphatic rings. The molecule has 114 valence electrons. The number of piperidine rings is 1. The molecule has 2 fully saturated rings. The van der Waals surface area contributed by atoms with E-state index in [1.807, 2.05) is 4.90 Å². The van der Waals surface area contributed by atoms with Crippen LogP contribution in [0.5, 0.6) is 0 Å².